The molecule has 2 N–H and O–H groups in total. The molecule has 2 amide bonds. The first kappa shape index (κ1) is 15.5. The number of aryl methyl sites for hydroxylation is 1. The highest BCUT2D eigenvalue weighted by molar-refractivity contribution is 5.80. The molecule has 0 bridgehead atoms. The quantitative estimate of drug-likeness (QED) is 0.867. The highest BCUT2D eigenvalue weighted by Gasteiger charge is 2.26. The molecule has 2 rings (SSSR count). The Morgan fingerprint density at radius 3 is 2.86 bits per heavy atom. The molecule has 0 aliphatic carbocycles. The van der Waals surface area contributed by atoms with Crippen molar-refractivity contribution < 1.29 is 14.1 Å². The topological polar surface area (TPSA) is 102 Å². The maximum atomic E-state index is 12.2. The molecule has 1 aromatic rings. The number of likely N-dealkylation sites (tertiary alicyclic amines) is 1. The van der Waals surface area contributed by atoms with Crippen LogP contribution in [0, 0.1) is 5.92 Å². The summed E-state index contributed by atoms with van der Waals surface area (Å²) in [6.45, 7) is 5.08. The summed E-state index contributed by atoms with van der Waals surface area (Å²) in [4.78, 5) is 29.3. The van der Waals surface area contributed by atoms with Gasteiger partial charge in [-0.3, -0.25) is 9.59 Å². The van der Waals surface area contributed by atoms with E-state index in [1.165, 1.54) is 0 Å². The van der Waals surface area contributed by atoms with Gasteiger partial charge >= 0.3 is 0 Å². The van der Waals surface area contributed by atoms with Gasteiger partial charge in [0.25, 0.3) is 0 Å². The molecular formula is C14H22N4O3. The van der Waals surface area contributed by atoms with Crippen molar-refractivity contribution in [1.29, 1.82) is 0 Å². The highest BCUT2D eigenvalue weighted by Crippen LogP contribution is 2.17. The number of hydrogen-bond donors (Lipinski definition) is 1. The molecule has 1 saturated heterocycles. The number of piperidine rings is 1. The van der Waals surface area contributed by atoms with Crippen molar-refractivity contribution in [2.45, 2.75) is 45.4 Å². The third-order valence-corrected chi connectivity index (χ3v) is 3.73. The first-order valence-electron chi connectivity index (χ1n) is 7.37. The zero-order chi connectivity index (χ0) is 15.4. The summed E-state index contributed by atoms with van der Waals surface area (Å²) in [5.74, 6) is 0.797. The van der Waals surface area contributed by atoms with Crippen molar-refractivity contribution >= 4 is 11.8 Å². The molecule has 2 heterocycles. The summed E-state index contributed by atoms with van der Waals surface area (Å²) in [7, 11) is 0. The summed E-state index contributed by atoms with van der Waals surface area (Å²) >= 11 is 0. The van der Waals surface area contributed by atoms with Crippen LogP contribution in [0.2, 0.25) is 0 Å². The normalized spacial score (nSPS) is 19.0. The van der Waals surface area contributed by atoms with Crippen LogP contribution in [0.25, 0.3) is 0 Å². The van der Waals surface area contributed by atoms with Crippen molar-refractivity contribution in [1.82, 2.24) is 15.0 Å². The SMILES string of the molecule is CC(C)c1noc(CCC(=O)N2CCC[C@H](C(N)=O)C2)n1. The van der Waals surface area contributed by atoms with Crippen LogP contribution in [0.1, 0.15) is 50.7 Å². The lowest BCUT2D eigenvalue weighted by atomic mass is 9.97. The molecule has 1 atom stereocenters. The number of carbonyl (C=O) groups excluding carboxylic acids is 2. The van der Waals surface area contributed by atoms with E-state index < -0.39 is 0 Å². The van der Waals surface area contributed by atoms with Crippen LogP contribution in [0.15, 0.2) is 4.52 Å². The minimum absolute atomic E-state index is 0.00486. The molecule has 7 heteroatoms. The number of nitrogens with zero attached hydrogens (tertiary/aromatic N) is 3. The Labute approximate surface area is 123 Å². The van der Waals surface area contributed by atoms with E-state index in [1.54, 1.807) is 4.90 Å². The van der Waals surface area contributed by atoms with Gasteiger partial charge in [0.05, 0.1) is 5.92 Å². The third kappa shape index (κ3) is 4.03. The fraction of sp³-hybridized carbons (Fsp3) is 0.714. The molecule has 0 unspecified atom stereocenters. The van der Waals surface area contributed by atoms with Gasteiger partial charge in [0, 0.05) is 31.8 Å². The fourth-order valence-electron chi connectivity index (χ4n) is 2.41. The van der Waals surface area contributed by atoms with Gasteiger partial charge in [0.15, 0.2) is 5.82 Å². The Kier molecular flexibility index (Phi) is 4.93. The Bertz CT molecular complexity index is 512. The summed E-state index contributed by atoms with van der Waals surface area (Å²) in [5, 5.41) is 3.87. The van der Waals surface area contributed by atoms with E-state index >= 15 is 0 Å². The second-order valence-corrected chi connectivity index (χ2v) is 5.78. The predicted octanol–water partition coefficient (Wildman–Crippen LogP) is 0.850. The van der Waals surface area contributed by atoms with Gasteiger partial charge < -0.3 is 15.2 Å². The van der Waals surface area contributed by atoms with Gasteiger partial charge in [-0.15, -0.1) is 0 Å². The number of nitrogens with two attached hydrogens (primary N) is 1. The minimum Gasteiger partial charge on any atom is -0.369 e. The van der Waals surface area contributed by atoms with E-state index in [2.05, 4.69) is 10.1 Å². The van der Waals surface area contributed by atoms with E-state index in [4.69, 9.17) is 10.3 Å². The fourth-order valence-corrected chi connectivity index (χ4v) is 2.41. The van der Waals surface area contributed by atoms with Crippen molar-refractivity contribution in [2.24, 2.45) is 11.7 Å². The maximum absolute atomic E-state index is 12.2. The second kappa shape index (κ2) is 6.69. The van der Waals surface area contributed by atoms with Crippen molar-refractivity contribution in [3.8, 4) is 0 Å². The number of hydrogen-bond acceptors (Lipinski definition) is 5. The summed E-state index contributed by atoms with van der Waals surface area (Å²) in [5.41, 5.74) is 5.32. The number of rotatable bonds is 5. The molecular weight excluding hydrogens is 272 g/mol. The predicted molar refractivity (Wildman–Crippen MR) is 75.2 cm³/mol. The van der Waals surface area contributed by atoms with E-state index in [0.717, 1.165) is 12.8 Å². The number of amides is 2. The molecule has 1 aromatic heterocycles. The summed E-state index contributed by atoms with van der Waals surface area (Å²) in [6, 6.07) is 0. The maximum Gasteiger partial charge on any atom is 0.227 e. The van der Waals surface area contributed by atoms with E-state index in [-0.39, 0.29) is 23.7 Å². The molecule has 1 fully saturated rings. The molecule has 7 nitrogen and oxygen atoms in total. The van der Waals surface area contributed by atoms with Gasteiger partial charge in [-0.2, -0.15) is 4.98 Å². The lowest BCUT2D eigenvalue weighted by molar-refractivity contribution is -0.135. The zero-order valence-electron chi connectivity index (χ0n) is 12.5. The first-order chi connectivity index (χ1) is 9.97. The lowest BCUT2D eigenvalue weighted by Crippen LogP contribution is -2.44. The highest BCUT2D eigenvalue weighted by atomic mass is 16.5. The molecule has 116 valence electrons. The summed E-state index contributed by atoms with van der Waals surface area (Å²) < 4.78 is 5.12. The van der Waals surface area contributed by atoms with Crippen LogP contribution in [0.5, 0.6) is 0 Å². The average molecular weight is 294 g/mol. The van der Waals surface area contributed by atoms with E-state index in [9.17, 15) is 9.59 Å². The smallest absolute Gasteiger partial charge is 0.227 e. The molecule has 1 aliphatic rings. The Hall–Kier alpha value is -1.92. The molecule has 21 heavy (non-hydrogen) atoms. The Morgan fingerprint density at radius 1 is 1.48 bits per heavy atom. The molecule has 0 saturated carbocycles. The molecule has 0 spiro atoms. The summed E-state index contributed by atoms with van der Waals surface area (Å²) in [6.07, 6.45) is 2.32. The van der Waals surface area contributed by atoms with Crippen molar-refractivity contribution in [3.63, 3.8) is 0 Å². The third-order valence-electron chi connectivity index (χ3n) is 3.73. The molecule has 0 aromatic carbocycles. The largest absolute Gasteiger partial charge is 0.369 e. The first-order valence-corrected chi connectivity index (χ1v) is 7.37. The number of primary amides is 1. The minimum atomic E-state index is -0.328. The van der Waals surface area contributed by atoms with Crippen LogP contribution in [-0.2, 0) is 16.0 Å². The van der Waals surface area contributed by atoms with Gasteiger partial charge in [-0.25, -0.2) is 0 Å². The number of carbonyl (C=O) groups is 2. The monoisotopic (exact) mass is 294 g/mol. The van der Waals surface area contributed by atoms with Crippen LogP contribution in [0.3, 0.4) is 0 Å². The van der Waals surface area contributed by atoms with E-state index in [0.29, 0.717) is 37.6 Å². The number of aromatic nitrogens is 2. The molecule has 0 radical (unpaired) electrons. The van der Waals surface area contributed by atoms with Crippen LogP contribution < -0.4 is 5.73 Å². The zero-order valence-corrected chi connectivity index (χ0v) is 12.5. The Morgan fingerprint density at radius 2 is 2.24 bits per heavy atom. The van der Waals surface area contributed by atoms with Crippen LogP contribution >= 0.6 is 0 Å². The second-order valence-electron chi connectivity index (χ2n) is 5.78. The van der Waals surface area contributed by atoms with Crippen LogP contribution in [0.4, 0.5) is 0 Å². The van der Waals surface area contributed by atoms with Gasteiger partial charge in [-0.05, 0) is 12.8 Å². The van der Waals surface area contributed by atoms with Crippen LogP contribution in [-0.4, -0.2) is 39.9 Å². The van der Waals surface area contributed by atoms with Gasteiger partial charge in [-0.1, -0.05) is 19.0 Å². The van der Waals surface area contributed by atoms with Gasteiger partial charge in [0.2, 0.25) is 17.7 Å². The van der Waals surface area contributed by atoms with E-state index in [1.807, 2.05) is 13.8 Å². The average Bonchev–Trinajstić information content (AvgIpc) is 2.94. The van der Waals surface area contributed by atoms with Crippen molar-refractivity contribution in [2.75, 3.05) is 13.1 Å². The standard InChI is InChI=1S/C14H22N4O3/c1-9(2)14-16-11(21-17-14)5-6-12(19)18-7-3-4-10(8-18)13(15)20/h9-10H,3-8H2,1-2H3,(H2,15,20)/t10-/m0/s1. The Balaban J connectivity index is 1.84. The lowest BCUT2D eigenvalue weighted by Gasteiger charge is -2.31. The van der Waals surface area contributed by atoms with Crippen molar-refractivity contribution in [3.05, 3.63) is 11.7 Å². The van der Waals surface area contributed by atoms with Gasteiger partial charge in [0.1, 0.15) is 0 Å². The molecule has 1 aliphatic heterocycles.